The quantitative estimate of drug-likeness (QED) is 0.792. The zero-order valence-corrected chi connectivity index (χ0v) is 12.0. The first-order valence-electron chi connectivity index (χ1n) is 7.51. The third-order valence-electron chi connectivity index (χ3n) is 5.13. The number of hydrogen-bond donors (Lipinski definition) is 0. The van der Waals surface area contributed by atoms with Crippen molar-refractivity contribution in [3.8, 4) is 11.1 Å². The second-order valence-corrected chi connectivity index (χ2v) is 6.18. The molecule has 4 rings (SSSR count). The van der Waals surface area contributed by atoms with Crippen LogP contribution >= 0.6 is 0 Å². The molecule has 2 bridgehead atoms. The maximum Gasteiger partial charge on any atom is 0.212 e. The van der Waals surface area contributed by atoms with Crippen LogP contribution in [-0.2, 0) is 0 Å². The molecule has 2 aliphatic rings. The van der Waals surface area contributed by atoms with E-state index in [1.165, 1.54) is 30.9 Å². The molecule has 2 fully saturated rings. The van der Waals surface area contributed by atoms with Gasteiger partial charge in [0.05, 0.1) is 0 Å². The maximum absolute atomic E-state index is 12.9. The predicted molar refractivity (Wildman–Crippen MR) is 79.4 cm³/mol. The van der Waals surface area contributed by atoms with Crippen molar-refractivity contribution in [2.45, 2.75) is 37.3 Å². The minimum Gasteiger partial charge on any atom is -0.300 e. The summed E-state index contributed by atoms with van der Waals surface area (Å²) in [5.41, 5.74) is 3.24. The highest BCUT2D eigenvalue weighted by molar-refractivity contribution is 5.62. The van der Waals surface area contributed by atoms with Gasteiger partial charge in [-0.1, -0.05) is 0 Å². The van der Waals surface area contributed by atoms with Crippen molar-refractivity contribution in [3.05, 3.63) is 48.3 Å². The van der Waals surface area contributed by atoms with E-state index in [-0.39, 0.29) is 0 Å². The van der Waals surface area contributed by atoms with Crippen LogP contribution in [0.15, 0.2) is 36.8 Å². The molecule has 0 N–H and O–H groups in total. The Labute approximate surface area is 123 Å². The molecule has 2 aliphatic heterocycles. The van der Waals surface area contributed by atoms with Gasteiger partial charge < -0.3 is 0 Å². The fourth-order valence-corrected chi connectivity index (χ4v) is 3.98. The molecule has 2 aromatic rings. The molecule has 0 amide bonds. The first kappa shape index (κ1) is 12.9. The van der Waals surface area contributed by atoms with Gasteiger partial charge in [-0.05, 0) is 50.1 Å². The zero-order chi connectivity index (χ0) is 14.4. The third-order valence-corrected chi connectivity index (χ3v) is 5.13. The molecule has 0 radical (unpaired) electrons. The van der Waals surface area contributed by atoms with E-state index in [1.807, 2.05) is 12.4 Å². The van der Waals surface area contributed by atoms with Crippen LogP contribution in [0.4, 0.5) is 4.39 Å². The summed E-state index contributed by atoms with van der Waals surface area (Å²) in [5.74, 6) is 0.132. The maximum atomic E-state index is 12.9. The number of pyridine rings is 2. The van der Waals surface area contributed by atoms with Gasteiger partial charge in [-0.15, -0.1) is 0 Å². The van der Waals surface area contributed by atoms with E-state index in [0.29, 0.717) is 12.0 Å². The molecule has 4 heteroatoms. The van der Waals surface area contributed by atoms with Crippen molar-refractivity contribution < 1.29 is 4.39 Å². The Morgan fingerprint density at radius 3 is 2.71 bits per heavy atom. The molecular formula is C17H18FN3. The summed E-state index contributed by atoms with van der Waals surface area (Å²) in [5, 5.41) is 0. The topological polar surface area (TPSA) is 29.0 Å². The van der Waals surface area contributed by atoms with Crippen molar-refractivity contribution in [1.82, 2.24) is 14.9 Å². The van der Waals surface area contributed by atoms with Gasteiger partial charge in [0, 0.05) is 47.7 Å². The summed E-state index contributed by atoms with van der Waals surface area (Å²) in [7, 11) is 2.24. The SMILES string of the molecule is [11CH3]N1[C@@H]2CC[C@H]1[C@H](c1cncc(-c3ccc(F)nc3)c1)C2. The van der Waals surface area contributed by atoms with E-state index in [1.54, 1.807) is 12.3 Å². The van der Waals surface area contributed by atoms with Gasteiger partial charge in [-0.3, -0.25) is 9.88 Å². The highest BCUT2D eigenvalue weighted by Gasteiger charge is 2.44. The third kappa shape index (κ3) is 2.14. The number of halogens is 1. The van der Waals surface area contributed by atoms with E-state index < -0.39 is 5.95 Å². The monoisotopic (exact) mass is 282 g/mol. The fraction of sp³-hybridized carbons (Fsp3) is 0.412. The number of fused-ring (bicyclic) bond motifs is 2. The van der Waals surface area contributed by atoms with Gasteiger partial charge in [0.1, 0.15) is 0 Å². The number of likely N-dealkylation sites (N-methyl/N-ethyl adjacent to an activating group) is 1. The first-order chi connectivity index (χ1) is 10.2. The summed E-state index contributed by atoms with van der Waals surface area (Å²) < 4.78 is 12.9. The van der Waals surface area contributed by atoms with Crippen molar-refractivity contribution in [3.63, 3.8) is 0 Å². The Balaban J connectivity index is 1.66. The standard InChI is InChI=1S/C17H18FN3/c1-21-14-3-4-16(21)15(7-14)13-6-12(8-19-9-13)11-2-5-17(18)20-10-11/h2,5-6,8-10,14-16H,3-4,7H2,1H3/t14-,15+,16+/m1/s1/i1-1. The Bertz CT molecular complexity index is 655. The second kappa shape index (κ2) is 4.88. The van der Waals surface area contributed by atoms with Gasteiger partial charge in [-0.2, -0.15) is 4.39 Å². The Hall–Kier alpha value is -1.81. The van der Waals surface area contributed by atoms with Gasteiger partial charge in [-0.25, -0.2) is 4.98 Å². The van der Waals surface area contributed by atoms with Crippen LogP contribution in [0.2, 0.25) is 0 Å². The average Bonchev–Trinajstić information content (AvgIpc) is 3.03. The molecule has 3 nitrogen and oxygen atoms in total. The highest BCUT2D eigenvalue weighted by atomic mass is 19.1. The minimum atomic E-state index is -0.447. The van der Waals surface area contributed by atoms with Gasteiger partial charge >= 0.3 is 0 Å². The van der Waals surface area contributed by atoms with Gasteiger partial charge in [0.15, 0.2) is 0 Å². The fourth-order valence-electron chi connectivity index (χ4n) is 3.98. The minimum absolute atomic E-state index is 0.447. The molecule has 108 valence electrons. The largest absolute Gasteiger partial charge is 0.300 e. The second-order valence-electron chi connectivity index (χ2n) is 6.18. The molecule has 21 heavy (non-hydrogen) atoms. The van der Waals surface area contributed by atoms with Crippen molar-refractivity contribution >= 4 is 0 Å². The number of hydrogen-bond acceptors (Lipinski definition) is 3. The van der Waals surface area contributed by atoms with Crippen molar-refractivity contribution in [1.29, 1.82) is 0 Å². The molecule has 3 atom stereocenters. The lowest BCUT2D eigenvalue weighted by molar-refractivity contribution is 0.307. The Morgan fingerprint density at radius 2 is 2.05 bits per heavy atom. The smallest absolute Gasteiger partial charge is 0.212 e. The summed E-state index contributed by atoms with van der Waals surface area (Å²) in [6, 6.07) is 6.74. The summed E-state index contributed by atoms with van der Waals surface area (Å²) in [4.78, 5) is 10.7. The lowest BCUT2D eigenvalue weighted by Gasteiger charge is -2.22. The van der Waals surface area contributed by atoms with Crippen LogP contribution in [0.3, 0.4) is 0 Å². The van der Waals surface area contributed by atoms with Crippen molar-refractivity contribution in [2.24, 2.45) is 0 Å². The average molecular weight is 282 g/mol. The number of aromatic nitrogens is 2. The molecule has 0 aliphatic carbocycles. The lowest BCUT2D eigenvalue weighted by Crippen LogP contribution is -2.25. The van der Waals surface area contributed by atoms with Crippen LogP contribution in [0.1, 0.15) is 30.7 Å². The summed E-state index contributed by atoms with van der Waals surface area (Å²) in [6.07, 6.45) is 9.23. The number of rotatable bonds is 2. The molecule has 0 saturated carbocycles. The van der Waals surface area contributed by atoms with Gasteiger partial charge in [0.25, 0.3) is 0 Å². The predicted octanol–water partition coefficient (Wildman–Crippen LogP) is 3.23. The van der Waals surface area contributed by atoms with Crippen LogP contribution in [-0.4, -0.2) is 34.0 Å². The van der Waals surface area contributed by atoms with Crippen LogP contribution < -0.4 is 0 Å². The highest BCUT2D eigenvalue weighted by Crippen LogP contribution is 2.45. The molecule has 2 saturated heterocycles. The molecule has 4 heterocycles. The number of nitrogens with zero attached hydrogens (tertiary/aromatic N) is 3. The normalized spacial score (nSPS) is 28.2. The van der Waals surface area contributed by atoms with E-state index in [9.17, 15) is 4.39 Å². The zero-order valence-electron chi connectivity index (χ0n) is 12.0. The molecule has 2 aromatic heterocycles. The molecule has 0 unspecified atom stereocenters. The first-order valence-corrected chi connectivity index (χ1v) is 7.51. The Morgan fingerprint density at radius 1 is 1.14 bits per heavy atom. The van der Waals surface area contributed by atoms with Crippen LogP contribution in [0.5, 0.6) is 0 Å². The van der Waals surface area contributed by atoms with Crippen molar-refractivity contribution in [2.75, 3.05) is 7.05 Å². The van der Waals surface area contributed by atoms with Crippen LogP contribution in [0.25, 0.3) is 11.1 Å². The van der Waals surface area contributed by atoms with E-state index in [4.69, 9.17) is 0 Å². The lowest BCUT2D eigenvalue weighted by atomic mass is 9.84. The Kier molecular flexibility index (Phi) is 3.00. The summed E-state index contributed by atoms with van der Waals surface area (Å²) >= 11 is 0. The van der Waals surface area contributed by atoms with E-state index in [0.717, 1.165) is 17.2 Å². The summed E-state index contributed by atoms with van der Waals surface area (Å²) in [6.45, 7) is 0. The molecule has 0 aromatic carbocycles. The van der Waals surface area contributed by atoms with E-state index >= 15 is 0 Å². The molecule has 0 spiro atoms. The van der Waals surface area contributed by atoms with E-state index in [2.05, 4.69) is 28.0 Å². The van der Waals surface area contributed by atoms with Crippen LogP contribution in [0, 0.1) is 5.95 Å². The van der Waals surface area contributed by atoms with Gasteiger partial charge in [0.2, 0.25) is 5.95 Å². The molecular weight excluding hydrogens is 264 g/mol.